The fourth-order valence-electron chi connectivity index (χ4n) is 6.31. The van der Waals surface area contributed by atoms with E-state index in [1.165, 1.54) is 55.6 Å². The van der Waals surface area contributed by atoms with Crippen molar-refractivity contribution in [2.24, 2.45) is 0 Å². The minimum Gasteiger partial charge on any atom is -0.0843 e. The zero-order valence-electron chi connectivity index (χ0n) is 20.8. The predicted octanol–water partition coefficient (Wildman–Crippen LogP) is 10.0. The van der Waals surface area contributed by atoms with Crippen molar-refractivity contribution in [3.8, 4) is 33.4 Å². The first-order valence-corrected chi connectivity index (χ1v) is 13.4. The van der Waals surface area contributed by atoms with Crippen molar-refractivity contribution in [2.45, 2.75) is 5.41 Å². The molecule has 0 N–H and O–H groups in total. The lowest BCUT2D eigenvalue weighted by Gasteiger charge is -2.35. The van der Waals surface area contributed by atoms with Gasteiger partial charge in [-0.3, -0.25) is 0 Å². The van der Waals surface area contributed by atoms with Gasteiger partial charge in [-0.25, -0.2) is 0 Å². The Labute approximate surface area is 228 Å². The van der Waals surface area contributed by atoms with Gasteiger partial charge in [0.2, 0.25) is 0 Å². The van der Waals surface area contributed by atoms with Crippen LogP contribution in [-0.4, -0.2) is 0 Å². The smallest absolute Gasteiger partial charge is 0.0720 e. The molecule has 1 aliphatic carbocycles. The lowest BCUT2D eigenvalue weighted by Crippen LogP contribution is -2.29. The molecule has 38 heavy (non-hydrogen) atoms. The van der Waals surface area contributed by atoms with E-state index in [2.05, 4.69) is 146 Å². The second-order valence-corrected chi connectivity index (χ2v) is 10.3. The summed E-state index contributed by atoms with van der Waals surface area (Å²) in [5.74, 6) is 0. The highest BCUT2D eigenvalue weighted by molar-refractivity contribution is 6.31. The van der Waals surface area contributed by atoms with Gasteiger partial charge in [0.25, 0.3) is 0 Å². The van der Waals surface area contributed by atoms with Crippen LogP contribution in [0.3, 0.4) is 0 Å². The molecule has 0 fully saturated rings. The zero-order valence-corrected chi connectivity index (χ0v) is 21.6. The van der Waals surface area contributed by atoms with Crippen LogP contribution in [0.15, 0.2) is 152 Å². The highest BCUT2D eigenvalue weighted by Crippen LogP contribution is 2.61. The summed E-state index contributed by atoms with van der Waals surface area (Å²) < 4.78 is 0. The molecule has 6 aromatic rings. The molecule has 0 atom stereocenters. The highest BCUT2D eigenvalue weighted by atomic mass is 35.5. The van der Waals surface area contributed by atoms with Crippen LogP contribution in [0.4, 0.5) is 0 Å². The van der Waals surface area contributed by atoms with Crippen molar-refractivity contribution in [3.05, 3.63) is 179 Å². The SMILES string of the molecule is Clc1ccc2c(c1)C(c1ccccc1)(c1ccccc1)c1c(-c3ccccc3)ccc(-c3ccccc3)c1-2. The molecule has 0 amide bonds. The molecule has 0 spiro atoms. The maximum Gasteiger partial charge on any atom is 0.0720 e. The molecule has 1 heteroatoms. The Bertz CT molecular complexity index is 1700. The van der Waals surface area contributed by atoms with E-state index in [0.717, 1.165) is 5.02 Å². The molecule has 1 aliphatic rings. The Kier molecular flexibility index (Phi) is 5.50. The third kappa shape index (κ3) is 3.38. The molecule has 7 rings (SSSR count). The maximum atomic E-state index is 6.78. The zero-order chi connectivity index (χ0) is 25.5. The first-order valence-electron chi connectivity index (χ1n) is 13.0. The maximum absolute atomic E-state index is 6.78. The molecule has 0 saturated heterocycles. The van der Waals surface area contributed by atoms with Gasteiger partial charge in [0.15, 0.2) is 0 Å². The van der Waals surface area contributed by atoms with Gasteiger partial charge in [-0.2, -0.15) is 0 Å². The second kappa shape index (κ2) is 9.17. The van der Waals surface area contributed by atoms with Gasteiger partial charge >= 0.3 is 0 Å². The average Bonchev–Trinajstić information content (AvgIpc) is 3.29. The number of benzene rings is 6. The first kappa shape index (κ1) is 22.8. The van der Waals surface area contributed by atoms with Crippen molar-refractivity contribution >= 4 is 11.6 Å². The van der Waals surface area contributed by atoms with E-state index >= 15 is 0 Å². The number of hydrogen-bond acceptors (Lipinski definition) is 0. The summed E-state index contributed by atoms with van der Waals surface area (Å²) in [7, 11) is 0. The first-order chi connectivity index (χ1) is 18.8. The van der Waals surface area contributed by atoms with Crippen molar-refractivity contribution in [2.75, 3.05) is 0 Å². The van der Waals surface area contributed by atoms with Crippen LogP contribution >= 0.6 is 11.6 Å². The topological polar surface area (TPSA) is 0 Å². The van der Waals surface area contributed by atoms with E-state index in [1.54, 1.807) is 0 Å². The summed E-state index contributed by atoms with van der Waals surface area (Å²) in [4.78, 5) is 0. The fourth-order valence-corrected chi connectivity index (χ4v) is 6.48. The molecule has 0 unspecified atom stereocenters. The molecular formula is C37H25Cl. The molecule has 0 nitrogen and oxygen atoms in total. The van der Waals surface area contributed by atoms with E-state index in [-0.39, 0.29) is 0 Å². The predicted molar refractivity (Wildman–Crippen MR) is 160 cm³/mol. The van der Waals surface area contributed by atoms with Gasteiger partial charge in [-0.05, 0) is 67.8 Å². The summed E-state index contributed by atoms with van der Waals surface area (Å²) in [6, 6.07) is 54.3. The fraction of sp³-hybridized carbons (Fsp3) is 0.0270. The minimum absolute atomic E-state index is 0.534. The van der Waals surface area contributed by atoms with Crippen molar-refractivity contribution in [1.29, 1.82) is 0 Å². The number of halogens is 1. The van der Waals surface area contributed by atoms with Crippen LogP contribution in [0.5, 0.6) is 0 Å². The average molecular weight is 505 g/mol. The Morgan fingerprint density at radius 2 is 0.868 bits per heavy atom. The normalized spacial score (nSPS) is 13.1. The van der Waals surface area contributed by atoms with Crippen molar-refractivity contribution < 1.29 is 0 Å². The van der Waals surface area contributed by atoms with Gasteiger partial charge in [0, 0.05) is 5.02 Å². The molecular weight excluding hydrogens is 480 g/mol. The molecule has 0 saturated carbocycles. The van der Waals surface area contributed by atoms with Crippen molar-refractivity contribution in [3.63, 3.8) is 0 Å². The number of rotatable bonds is 4. The van der Waals surface area contributed by atoms with Gasteiger partial charge in [0.1, 0.15) is 0 Å². The van der Waals surface area contributed by atoms with Gasteiger partial charge in [0.05, 0.1) is 5.41 Å². The largest absolute Gasteiger partial charge is 0.0843 e. The Morgan fingerprint density at radius 1 is 0.421 bits per heavy atom. The highest BCUT2D eigenvalue weighted by Gasteiger charge is 2.48. The Balaban J connectivity index is 1.73. The molecule has 180 valence electrons. The molecule has 0 aliphatic heterocycles. The van der Waals surface area contributed by atoms with Crippen LogP contribution in [0, 0.1) is 0 Å². The lowest BCUT2D eigenvalue weighted by molar-refractivity contribution is 0.770. The summed E-state index contributed by atoms with van der Waals surface area (Å²) in [6.45, 7) is 0. The Morgan fingerprint density at radius 3 is 1.42 bits per heavy atom. The van der Waals surface area contributed by atoms with E-state index in [9.17, 15) is 0 Å². The molecule has 0 heterocycles. The van der Waals surface area contributed by atoms with E-state index in [0.29, 0.717) is 0 Å². The van der Waals surface area contributed by atoms with Gasteiger partial charge in [-0.1, -0.05) is 151 Å². The number of hydrogen-bond donors (Lipinski definition) is 0. The van der Waals surface area contributed by atoms with Crippen LogP contribution in [0.25, 0.3) is 33.4 Å². The standard InChI is InChI=1S/C37H25Cl/c38-30-21-22-33-34(25-30)37(28-17-9-3-10-18-28,29-19-11-4-12-20-29)36-32(27-15-7-2-8-16-27)24-23-31(35(33)36)26-13-5-1-6-14-26/h1-25H. The quantitative estimate of drug-likeness (QED) is 0.223. The van der Waals surface area contributed by atoms with Crippen LogP contribution in [-0.2, 0) is 5.41 Å². The Hall–Kier alpha value is -4.39. The molecule has 6 aromatic carbocycles. The number of fused-ring (bicyclic) bond motifs is 3. The van der Waals surface area contributed by atoms with Crippen LogP contribution in [0.1, 0.15) is 22.3 Å². The van der Waals surface area contributed by atoms with Crippen LogP contribution < -0.4 is 0 Å². The van der Waals surface area contributed by atoms with Crippen LogP contribution in [0.2, 0.25) is 5.02 Å². The molecule has 0 bridgehead atoms. The van der Waals surface area contributed by atoms with Crippen molar-refractivity contribution in [1.82, 2.24) is 0 Å². The monoisotopic (exact) mass is 504 g/mol. The molecule has 0 aromatic heterocycles. The summed E-state index contributed by atoms with van der Waals surface area (Å²) in [5.41, 5.74) is 11.8. The third-order valence-electron chi connectivity index (χ3n) is 7.82. The lowest BCUT2D eigenvalue weighted by atomic mass is 9.66. The summed E-state index contributed by atoms with van der Waals surface area (Å²) in [6.07, 6.45) is 0. The van der Waals surface area contributed by atoms with Gasteiger partial charge < -0.3 is 0 Å². The second-order valence-electron chi connectivity index (χ2n) is 9.81. The minimum atomic E-state index is -0.534. The van der Waals surface area contributed by atoms with E-state index < -0.39 is 5.41 Å². The summed E-state index contributed by atoms with van der Waals surface area (Å²) in [5, 5.41) is 0.746. The summed E-state index contributed by atoms with van der Waals surface area (Å²) >= 11 is 6.78. The molecule has 0 radical (unpaired) electrons. The third-order valence-corrected chi connectivity index (χ3v) is 8.05. The van der Waals surface area contributed by atoms with Gasteiger partial charge in [-0.15, -0.1) is 0 Å². The van der Waals surface area contributed by atoms with E-state index in [4.69, 9.17) is 11.6 Å². The van der Waals surface area contributed by atoms with E-state index in [1.807, 2.05) is 6.07 Å².